The maximum absolute atomic E-state index is 11.9. The lowest BCUT2D eigenvalue weighted by atomic mass is 10.1. The Morgan fingerprint density at radius 3 is 2.62 bits per heavy atom. The fraction of sp³-hybridized carbons (Fsp3) is 0.474. The van der Waals surface area contributed by atoms with Crippen LogP contribution in [0.15, 0.2) is 30.3 Å². The third kappa shape index (κ3) is 3.78. The van der Waals surface area contributed by atoms with Crippen LogP contribution in [-0.4, -0.2) is 28.4 Å². The number of carbonyl (C=O) groups is 1. The summed E-state index contributed by atoms with van der Waals surface area (Å²) in [6.45, 7) is 4.74. The summed E-state index contributed by atoms with van der Waals surface area (Å²) in [5.74, 6) is 0. The summed E-state index contributed by atoms with van der Waals surface area (Å²) in [5.41, 5.74) is 4.43. The van der Waals surface area contributed by atoms with Crippen molar-refractivity contribution in [2.75, 3.05) is 6.54 Å². The highest BCUT2D eigenvalue weighted by atomic mass is 16.2. The lowest BCUT2D eigenvalue weighted by Gasteiger charge is -2.13. The number of urea groups is 1. The van der Waals surface area contributed by atoms with Crippen LogP contribution in [0.25, 0.3) is 5.69 Å². The molecule has 2 aromatic rings. The summed E-state index contributed by atoms with van der Waals surface area (Å²) in [4.78, 5) is 11.9. The van der Waals surface area contributed by atoms with Crippen molar-refractivity contribution in [3.05, 3.63) is 47.3 Å². The maximum Gasteiger partial charge on any atom is 0.315 e. The first kappa shape index (κ1) is 16.6. The topological polar surface area (TPSA) is 59.0 Å². The number of nitrogens with zero attached hydrogens (tertiary/aromatic N) is 2. The van der Waals surface area contributed by atoms with E-state index in [9.17, 15) is 4.79 Å². The number of benzene rings is 1. The largest absolute Gasteiger partial charge is 0.338 e. The molecule has 5 heteroatoms. The summed E-state index contributed by atoms with van der Waals surface area (Å²) in [6, 6.07) is 10.4. The molecule has 1 aromatic heterocycles. The van der Waals surface area contributed by atoms with E-state index in [0.29, 0.717) is 12.6 Å². The number of amides is 2. The third-order valence-corrected chi connectivity index (χ3v) is 4.79. The Hall–Kier alpha value is -2.30. The molecule has 0 aliphatic heterocycles. The number of hydrogen-bond donors (Lipinski definition) is 2. The van der Waals surface area contributed by atoms with Gasteiger partial charge < -0.3 is 10.6 Å². The van der Waals surface area contributed by atoms with E-state index < -0.39 is 0 Å². The van der Waals surface area contributed by atoms with E-state index in [1.165, 1.54) is 18.4 Å². The van der Waals surface area contributed by atoms with Gasteiger partial charge in [-0.3, -0.25) is 0 Å². The van der Waals surface area contributed by atoms with Gasteiger partial charge in [0.05, 0.1) is 11.4 Å². The van der Waals surface area contributed by atoms with Crippen LogP contribution < -0.4 is 10.6 Å². The van der Waals surface area contributed by atoms with Crippen LogP contribution in [0.4, 0.5) is 4.79 Å². The minimum atomic E-state index is -0.0485. The molecule has 2 N–H and O–H groups in total. The van der Waals surface area contributed by atoms with Crippen molar-refractivity contribution < 1.29 is 4.79 Å². The molecule has 1 heterocycles. The van der Waals surface area contributed by atoms with Gasteiger partial charge in [0.25, 0.3) is 0 Å². The van der Waals surface area contributed by atoms with Gasteiger partial charge in [-0.1, -0.05) is 31.0 Å². The molecule has 0 radical (unpaired) electrons. The highest BCUT2D eigenvalue weighted by molar-refractivity contribution is 5.74. The van der Waals surface area contributed by atoms with Gasteiger partial charge in [-0.25, -0.2) is 9.48 Å². The average Bonchev–Trinajstić information content (AvgIpc) is 3.18. The fourth-order valence-corrected chi connectivity index (χ4v) is 3.46. The van der Waals surface area contributed by atoms with Crippen LogP contribution in [0.5, 0.6) is 0 Å². The number of carbonyl (C=O) groups excluding carboxylic acids is 1. The molecule has 0 atom stereocenters. The number of nitrogens with one attached hydrogen (secondary N) is 2. The molecule has 2 amide bonds. The lowest BCUT2D eigenvalue weighted by Crippen LogP contribution is -2.41. The van der Waals surface area contributed by atoms with E-state index in [0.717, 1.165) is 36.3 Å². The summed E-state index contributed by atoms with van der Waals surface area (Å²) in [5, 5.41) is 10.7. The first-order chi connectivity index (χ1) is 11.6. The van der Waals surface area contributed by atoms with Crippen molar-refractivity contribution in [3.63, 3.8) is 0 Å². The van der Waals surface area contributed by atoms with Crippen LogP contribution in [0, 0.1) is 13.8 Å². The number of hydrogen-bond acceptors (Lipinski definition) is 2. The van der Waals surface area contributed by atoms with Gasteiger partial charge in [-0.15, -0.1) is 0 Å². The minimum Gasteiger partial charge on any atom is -0.338 e. The standard InChI is InChI=1S/C19H26N4O/c1-14-18(12-13-20-19(24)21-16-8-6-7-9-16)15(2)23(22-14)17-10-4-3-5-11-17/h3-5,10-11,16H,6-9,12-13H2,1-2H3,(H2,20,21,24). The molecule has 1 saturated carbocycles. The van der Waals surface area contributed by atoms with Crippen molar-refractivity contribution in [2.45, 2.75) is 52.0 Å². The Balaban J connectivity index is 1.57. The van der Waals surface area contributed by atoms with Crippen molar-refractivity contribution in [1.29, 1.82) is 0 Å². The number of aromatic nitrogens is 2. The third-order valence-electron chi connectivity index (χ3n) is 4.79. The van der Waals surface area contributed by atoms with E-state index in [2.05, 4.69) is 34.8 Å². The van der Waals surface area contributed by atoms with Gasteiger partial charge in [-0.05, 0) is 50.8 Å². The molecule has 1 aliphatic carbocycles. The molecule has 1 aliphatic rings. The zero-order valence-corrected chi connectivity index (χ0v) is 14.5. The number of aryl methyl sites for hydroxylation is 1. The Morgan fingerprint density at radius 1 is 1.21 bits per heavy atom. The fourth-order valence-electron chi connectivity index (χ4n) is 3.46. The predicted octanol–water partition coefficient (Wildman–Crippen LogP) is 3.27. The quantitative estimate of drug-likeness (QED) is 0.886. The normalized spacial score (nSPS) is 14.8. The second-order valence-electron chi connectivity index (χ2n) is 6.53. The van der Waals surface area contributed by atoms with Crippen LogP contribution in [0.3, 0.4) is 0 Å². The second kappa shape index (κ2) is 7.51. The molecule has 5 nitrogen and oxygen atoms in total. The first-order valence-corrected chi connectivity index (χ1v) is 8.80. The van der Waals surface area contributed by atoms with Crippen LogP contribution in [0.1, 0.15) is 42.6 Å². The van der Waals surface area contributed by atoms with Crippen molar-refractivity contribution in [3.8, 4) is 5.69 Å². The summed E-state index contributed by atoms with van der Waals surface area (Å²) < 4.78 is 1.98. The molecule has 0 saturated heterocycles. The van der Waals surface area contributed by atoms with E-state index in [4.69, 9.17) is 0 Å². The molecule has 0 spiro atoms. The summed E-state index contributed by atoms with van der Waals surface area (Å²) >= 11 is 0. The molecular formula is C19H26N4O. The van der Waals surface area contributed by atoms with E-state index >= 15 is 0 Å². The zero-order chi connectivity index (χ0) is 16.9. The Kier molecular flexibility index (Phi) is 5.18. The van der Waals surface area contributed by atoms with Gasteiger partial charge in [0, 0.05) is 18.3 Å². The van der Waals surface area contributed by atoms with Crippen LogP contribution in [-0.2, 0) is 6.42 Å². The average molecular weight is 326 g/mol. The zero-order valence-electron chi connectivity index (χ0n) is 14.5. The molecule has 1 fully saturated rings. The summed E-state index contributed by atoms with van der Waals surface area (Å²) in [7, 11) is 0. The molecular weight excluding hydrogens is 300 g/mol. The van der Waals surface area contributed by atoms with Gasteiger partial charge in [0.2, 0.25) is 0 Å². The SMILES string of the molecule is Cc1nn(-c2ccccc2)c(C)c1CCNC(=O)NC1CCCC1. The lowest BCUT2D eigenvalue weighted by molar-refractivity contribution is 0.237. The molecule has 1 aromatic carbocycles. The van der Waals surface area contributed by atoms with Gasteiger partial charge >= 0.3 is 6.03 Å². The first-order valence-electron chi connectivity index (χ1n) is 8.80. The maximum atomic E-state index is 11.9. The molecule has 128 valence electrons. The Labute approximate surface area is 143 Å². The minimum absolute atomic E-state index is 0.0485. The number of rotatable bonds is 5. The summed E-state index contributed by atoms with van der Waals surface area (Å²) in [6.07, 6.45) is 5.46. The highest BCUT2D eigenvalue weighted by Gasteiger charge is 2.17. The van der Waals surface area contributed by atoms with Crippen molar-refractivity contribution >= 4 is 6.03 Å². The molecule has 0 unspecified atom stereocenters. The van der Waals surface area contributed by atoms with Crippen LogP contribution >= 0.6 is 0 Å². The van der Waals surface area contributed by atoms with Gasteiger partial charge in [0.1, 0.15) is 0 Å². The van der Waals surface area contributed by atoms with Crippen molar-refractivity contribution in [2.24, 2.45) is 0 Å². The van der Waals surface area contributed by atoms with E-state index in [-0.39, 0.29) is 6.03 Å². The smallest absolute Gasteiger partial charge is 0.315 e. The molecule has 3 rings (SSSR count). The van der Waals surface area contributed by atoms with E-state index in [1.54, 1.807) is 0 Å². The Morgan fingerprint density at radius 2 is 1.92 bits per heavy atom. The van der Waals surface area contributed by atoms with Gasteiger partial charge in [0.15, 0.2) is 0 Å². The highest BCUT2D eigenvalue weighted by Crippen LogP contribution is 2.18. The van der Waals surface area contributed by atoms with Crippen molar-refractivity contribution in [1.82, 2.24) is 20.4 Å². The second-order valence-corrected chi connectivity index (χ2v) is 6.53. The molecule has 0 bridgehead atoms. The monoisotopic (exact) mass is 326 g/mol. The predicted molar refractivity (Wildman–Crippen MR) is 95.5 cm³/mol. The van der Waals surface area contributed by atoms with E-state index in [1.807, 2.05) is 29.8 Å². The van der Waals surface area contributed by atoms with Gasteiger partial charge in [-0.2, -0.15) is 5.10 Å². The molecule has 24 heavy (non-hydrogen) atoms. The van der Waals surface area contributed by atoms with Crippen LogP contribution in [0.2, 0.25) is 0 Å². The Bertz CT molecular complexity index is 687. The number of para-hydroxylation sites is 1.